The zero-order valence-corrected chi connectivity index (χ0v) is 27.3. The number of carboxylic acid groups (broad SMARTS) is 1. The summed E-state index contributed by atoms with van der Waals surface area (Å²) >= 11 is 3.72. The summed E-state index contributed by atoms with van der Waals surface area (Å²) in [4.78, 5) is 67.9. The van der Waals surface area contributed by atoms with Crippen LogP contribution in [-0.2, 0) is 38.7 Å². The van der Waals surface area contributed by atoms with Crippen molar-refractivity contribution in [1.29, 1.82) is 0 Å². The van der Waals surface area contributed by atoms with Gasteiger partial charge < -0.3 is 20.1 Å². The highest BCUT2D eigenvalue weighted by Gasteiger charge is 2.54. The number of carboxylic acids is 1. The Bertz CT molecular complexity index is 1710. The molecule has 0 bridgehead atoms. The molecule has 248 valence electrons. The molecule has 1 saturated heterocycles. The third kappa shape index (κ3) is 8.22. The van der Waals surface area contributed by atoms with Crippen LogP contribution in [-0.4, -0.2) is 112 Å². The van der Waals surface area contributed by atoms with Gasteiger partial charge in [0.25, 0.3) is 11.6 Å². The highest BCUT2D eigenvalue weighted by atomic mass is 32.2. The van der Waals surface area contributed by atoms with Gasteiger partial charge in [-0.25, -0.2) is 19.3 Å². The fourth-order valence-electron chi connectivity index (χ4n) is 4.50. The molecule has 2 aromatic heterocycles. The molecule has 18 nitrogen and oxygen atoms in total. The molecule has 3 amide bonds. The van der Waals surface area contributed by atoms with E-state index in [9.17, 15) is 34.4 Å². The number of thiazole rings is 1. The van der Waals surface area contributed by atoms with Crippen LogP contribution in [0, 0.1) is 10.1 Å². The molecule has 2 aliphatic heterocycles. The number of β-lactam (4-membered cyclic amide) rings is 1. The van der Waals surface area contributed by atoms with Crippen molar-refractivity contribution < 1.29 is 33.9 Å². The SMILES string of the molecule is CN(C)CCn1nnnc1SCC1=C(C(=O)O)N2C(=O)C(NC(=O)Cc3csc(NC(=O)OCc4ccc([N+](=O)[O-])cc4)n3)[C@H]2SC1. The molecule has 2 atom stereocenters. The van der Waals surface area contributed by atoms with E-state index in [4.69, 9.17) is 4.74 Å². The Morgan fingerprint density at radius 3 is 2.72 bits per heavy atom. The van der Waals surface area contributed by atoms with E-state index in [0.717, 1.165) is 17.9 Å². The van der Waals surface area contributed by atoms with Crippen LogP contribution < -0.4 is 10.6 Å². The molecule has 5 rings (SSSR count). The lowest BCUT2D eigenvalue weighted by Gasteiger charge is -2.49. The van der Waals surface area contributed by atoms with E-state index >= 15 is 0 Å². The minimum atomic E-state index is -1.23. The summed E-state index contributed by atoms with van der Waals surface area (Å²) in [5.41, 5.74) is 1.27. The zero-order chi connectivity index (χ0) is 33.7. The van der Waals surface area contributed by atoms with E-state index in [1.54, 1.807) is 10.1 Å². The quantitative estimate of drug-likeness (QED) is 0.0933. The van der Waals surface area contributed by atoms with Crippen molar-refractivity contribution >= 4 is 69.6 Å². The highest BCUT2D eigenvalue weighted by Crippen LogP contribution is 2.41. The molecule has 0 spiro atoms. The van der Waals surface area contributed by atoms with E-state index in [1.165, 1.54) is 52.7 Å². The predicted molar refractivity (Wildman–Crippen MR) is 170 cm³/mol. The standard InChI is InChI=1S/C26H28N10O8S3/c1-33(2)7-8-34-25(30-31-32-34)47-12-15-11-45-22-19(21(38)35(22)20(15)23(39)40)28-18(37)9-16-13-46-24(27-16)29-26(41)44-10-14-3-5-17(6-4-14)36(42)43/h3-6,13,19,22H,7-12H2,1-2H3,(H,28,37)(H,39,40)(H,27,29,41)/t19?,22-/m1/s1. The first-order valence-electron chi connectivity index (χ1n) is 13.8. The van der Waals surface area contributed by atoms with Crippen LogP contribution in [0.25, 0.3) is 0 Å². The smallest absolute Gasteiger partial charge is 0.413 e. The number of hydrogen-bond donors (Lipinski definition) is 3. The predicted octanol–water partition coefficient (Wildman–Crippen LogP) is 1.42. The number of carbonyl (C=O) groups is 4. The lowest BCUT2D eigenvalue weighted by molar-refractivity contribution is -0.384. The van der Waals surface area contributed by atoms with E-state index in [0.29, 0.717) is 34.3 Å². The fraction of sp³-hybridized carbons (Fsp3) is 0.385. The molecule has 3 aromatic rings. The molecule has 47 heavy (non-hydrogen) atoms. The number of fused-ring (bicyclic) bond motifs is 1. The average Bonchev–Trinajstić information content (AvgIpc) is 3.68. The number of nitro groups is 1. The number of nitrogens with one attached hydrogen (secondary N) is 2. The van der Waals surface area contributed by atoms with Crippen molar-refractivity contribution in [2.45, 2.75) is 36.1 Å². The molecule has 0 saturated carbocycles. The van der Waals surface area contributed by atoms with Gasteiger partial charge in [-0.05, 0) is 47.8 Å². The number of hydrogen-bond acceptors (Lipinski definition) is 15. The van der Waals surface area contributed by atoms with Crippen LogP contribution in [0.2, 0.25) is 0 Å². The Kier molecular flexibility index (Phi) is 10.7. The van der Waals surface area contributed by atoms with E-state index in [1.807, 2.05) is 19.0 Å². The minimum Gasteiger partial charge on any atom is -0.477 e. The first-order valence-corrected chi connectivity index (χ1v) is 16.8. The summed E-state index contributed by atoms with van der Waals surface area (Å²) in [5, 5.41) is 39.3. The van der Waals surface area contributed by atoms with Gasteiger partial charge in [-0.2, -0.15) is 0 Å². The summed E-state index contributed by atoms with van der Waals surface area (Å²) < 4.78 is 6.76. The maximum Gasteiger partial charge on any atom is 0.413 e. The number of benzene rings is 1. The van der Waals surface area contributed by atoms with Crippen LogP contribution >= 0.6 is 34.9 Å². The molecule has 1 aromatic carbocycles. The van der Waals surface area contributed by atoms with Crippen molar-refractivity contribution in [3.8, 4) is 0 Å². The highest BCUT2D eigenvalue weighted by molar-refractivity contribution is 8.01. The summed E-state index contributed by atoms with van der Waals surface area (Å²) in [6.07, 6.45) is -0.977. The number of aromatic nitrogens is 5. The van der Waals surface area contributed by atoms with Crippen molar-refractivity contribution in [2.75, 3.05) is 37.5 Å². The summed E-state index contributed by atoms with van der Waals surface area (Å²) in [6, 6.07) is 4.65. The minimum absolute atomic E-state index is 0.0809. The van der Waals surface area contributed by atoms with Gasteiger partial charge in [-0.15, -0.1) is 28.2 Å². The van der Waals surface area contributed by atoms with Gasteiger partial charge >= 0.3 is 12.1 Å². The van der Waals surface area contributed by atoms with Crippen molar-refractivity contribution in [3.63, 3.8) is 0 Å². The van der Waals surface area contributed by atoms with Gasteiger partial charge in [0.05, 0.1) is 23.6 Å². The third-order valence-corrected chi connectivity index (χ3v) is 10.0. The number of nitrogens with zero attached hydrogens (tertiary/aromatic N) is 8. The summed E-state index contributed by atoms with van der Waals surface area (Å²) in [5.74, 6) is -1.63. The average molecular weight is 705 g/mol. The molecular weight excluding hydrogens is 677 g/mol. The molecule has 1 fully saturated rings. The Hall–Kier alpha value is -4.60. The van der Waals surface area contributed by atoms with Gasteiger partial charge in [-0.1, -0.05) is 11.8 Å². The number of non-ortho nitro benzene ring substituents is 1. The van der Waals surface area contributed by atoms with E-state index in [-0.39, 0.29) is 35.3 Å². The maximum atomic E-state index is 13.1. The number of anilines is 1. The maximum absolute atomic E-state index is 13.1. The number of ether oxygens (including phenoxy) is 1. The fourth-order valence-corrected chi connectivity index (χ4v) is 7.59. The number of tetrazole rings is 1. The Labute approximate surface area is 279 Å². The summed E-state index contributed by atoms with van der Waals surface area (Å²) in [6.45, 7) is 1.16. The van der Waals surface area contributed by atoms with Crippen LogP contribution in [0.5, 0.6) is 0 Å². The lowest BCUT2D eigenvalue weighted by atomic mass is 10.0. The number of rotatable bonds is 14. The second-order valence-corrected chi connectivity index (χ2v) is 13.3. The van der Waals surface area contributed by atoms with Crippen LogP contribution in [0.15, 0.2) is 46.1 Å². The van der Waals surface area contributed by atoms with E-state index < -0.39 is 40.2 Å². The van der Waals surface area contributed by atoms with Gasteiger partial charge in [0.2, 0.25) is 11.1 Å². The largest absolute Gasteiger partial charge is 0.477 e. The third-order valence-electron chi connectivity index (χ3n) is 6.82. The number of aliphatic carboxylic acids is 1. The molecule has 2 aliphatic rings. The topological polar surface area (TPSA) is 228 Å². The Balaban J connectivity index is 1.11. The van der Waals surface area contributed by atoms with Gasteiger partial charge in [0.15, 0.2) is 5.13 Å². The second kappa shape index (κ2) is 14.9. The number of thioether (sulfide) groups is 2. The molecule has 0 aliphatic carbocycles. The monoisotopic (exact) mass is 704 g/mol. The van der Waals surface area contributed by atoms with Crippen LogP contribution in [0.4, 0.5) is 15.6 Å². The Morgan fingerprint density at radius 1 is 1.26 bits per heavy atom. The van der Waals surface area contributed by atoms with Crippen LogP contribution in [0.3, 0.4) is 0 Å². The van der Waals surface area contributed by atoms with Crippen molar-refractivity contribution in [1.82, 2.24) is 40.3 Å². The molecule has 21 heteroatoms. The van der Waals surface area contributed by atoms with Crippen LogP contribution in [0.1, 0.15) is 11.3 Å². The van der Waals surface area contributed by atoms with Gasteiger partial charge in [0, 0.05) is 35.6 Å². The molecular formula is C26H28N10O8S3. The summed E-state index contributed by atoms with van der Waals surface area (Å²) in [7, 11) is 3.86. The first-order chi connectivity index (χ1) is 22.5. The zero-order valence-electron chi connectivity index (χ0n) is 24.9. The second-order valence-electron chi connectivity index (χ2n) is 10.4. The van der Waals surface area contributed by atoms with Crippen molar-refractivity contribution in [2.24, 2.45) is 0 Å². The molecule has 3 N–H and O–H groups in total. The number of nitro benzene ring substituents is 1. The van der Waals surface area contributed by atoms with Crippen molar-refractivity contribution in [3.05, 3.63) is 62.3 Å². The first kappa shape index (κ1) is 33.8. The van der Waals surface area contributed by atoms with Gasteiger partial charge in [0.1, 0.15) is 23.7 Å². The van der Waals surface area contributed by atoms with Gasteiger partial charge in [-0.3, -0.25) is 29.9 Å². The van der Waals surface area contributed by atoms with E-state index in [2.05, 4.69) is 31.1 Å². The Morgan fingerprint density at radius 2 is 2.02 bits per heavy atom. The normalized spacial score (nSPS) is 17.3. The number of likely N-dealkylation sites (N-methyl/N-ethyl adjacent to an activating group) is 1. The number of carbonyl (C=O) groups excluding carboxylic acids is 3. The lowest BCUT2D eigenvalue weighted by Crippen LogP contribution is -2.70. The molecule has 4 heterocycles. The molecule has 1 unspecified atom stereocenters. The number of amides is 3. The molecule has 0 radical (unpaired) electrons.